The molecule has 1 fully saturated rings. The highest BCUT2D eigenvalue weighted by molar-refractivity contribution is 5.97. The molecule has 2 aliphatic rings. The van der Waals surface area contributed by atoms with E-state index in [4.69, 9.17) is 4.74 Å². The van der Waals surface area contributed by atoms with Gasteiger partial charge in [-0.3, -0.25) is 9.69 Å². The van der Waals surface area contributed by atoms with Crippen LogP contribution in [0.2, 0.25) is 0 Å². The maximum absolute atomic E-state index is 12.6. The van der Waals surface area contributed by atoms with Crippen LogP contribution in [0.15, 0.2) is 18.2 Å². The molecule has 0 saturated carbocycles. The Balaban J connectivity index is 2.16. The molecule has 18 heavy (non-hydrogen) atoms. The number of nitrogens with zero attached hydrogens (tertiary/aromatic N) is 1. The zero-order valence-electron chi connectivity index (χ0n) is 11.2. The number of rotatable bonds is 1. The number of carbonyl (C=O) groups excluding carboxylic acids is 1. The minimum atomic E-state index is -0.320. The molecule has 2 atom stereocenters. The van der Waals surface area contributed by atoms with E-state index in [-0.39, 0.29) is 11.5 Å². The van der Waals surface area contributed by atoms with Crippen LogP contribution in [-0.2, 0) is 16.6 Å². The van der Waals surface area contributed by atoms with Crippen molar-refractivity contribution in [3.63, 3.8) is 0 Å². The van der Waals surface area contributed by atoms with Crippen molar-refractivity contribution >= 4 is 5.78 Å². The van der Waals surface area contributed by atoms with Crippen LogP contribution < -0.4 is 4.74 Å². The summed E-state index contributed by atoms with van der Waals surface area (Å²) < 4.78 is 5.30. The maximum atomic E-state index is 12.6. The number of piperidine rings is 1. The van der Waals surface area contributed by atoms with Gasteiger partial charge in [0, 0.05) is 0 Å². The molecule has 3 rings (SSSR count). The Morgan fingerprint density at radius 2 is 2.22 bits per heavy atom. The maximum Gasteiger partial charge on any atom is 0.160 e. The number of likely N-dealkylation sites (N-methyl/N-ethyl adjacent to an activating group) is 1. The van der Waals surface area contributed by atoms with Gasteiger partial charge in [0.05, 0.1) is 18.6 Å². The summed E-state index contributed by atoms with van der Waals surface area (Å²) in [7, 11) is 3.73. The summed E-state index contributed by atoms with van der Waals surface area (Å²) in [6.07, 6.45) is 1.74. The van der Waals surface area contributed by atoms with Crippen molar-refractivity contribution in [1.29, 1.82) is 0 Å². The minimum absolute atomic E-state index is 0.0599. The van der Waals surface area contributed by atoms with Crippen molar-refractivity contribution in [2.45, 2.75) is 31.2 Å². The summed E-state index contributed by atoms with van der Waals surface area (Å²) in [6.45, 7) is 3.08. The van der Waals surface area contributed by atoms with Crippen LogP contribution >= 0.6 is 0 Å². The van der Waals surface area contributed by atoms with Crippen molar-refractivity contribution in [3.05, 3.63) is 29.3 Å². The van der Waals surface area contributed by atoms with E-state index in [1.54, 1.807) is 7.11 Å². The first-order chi connectivity index (χ1) is 8.56. The zero-order valence-corrected chi connectivity index (χ0v) is 11.2. The number of carbonyl (C=O) groups is 1. The zero-order chi connectivity index (χ0) is 12.9. The highest BCUT2D eigenvalue weighted by Crippen LogP contribution is 2.42. The first kappa shape index (κ1) is 11.7. The third-order valence-electron chi connectivity index (χ3n) is 4.67. The molecule has 0 aromatic heterocycles. The van der Waals surface area contributed by atoms with Gasteiger partial charge in [0.25, 0.3) is 0 Å². The number of hydrogen-bond acceptors (Lipinski definition) is 3. The summed E-state index contributed by atoms with van der Waals surface area (Å²) in [4.78, 5) is 14.8. The fourth-order valence-corrected chi connectivity index (χ4v) is 3.35. The van der Waals surface area contributed by atoms with Gasteiger partial charge in [-0.1, -0.05) is 6.07 Å². The minimum Gasteiger partial charge on any atom is -0.497 e. The largest absolute Gasteiger partial charge is 0.497 e. The van der Waals surface area contributed by atoms with Crippen molar-refractivity contribution in [2.24, 2.45) is 0 Å². The smallest absolute Gasteiger partial charge is 0.160 e. The van der Waals surface area contributed by atoms with Crippen molar-refractivity contribution in [3.8, 4) is 5.75 Å². The summed E-state index contributed by atoms with van der Waals surface area (Å²) >= 11 is 0. The normalized spacial score (nSPS) is 31.1. The third-order valence-corrected chi connectivity index (χ3v) is 4.67. The van der Waals surface area contributed by atoms with Gasteiger partial charge in [-0.25, -0.2) is 0 Å². The highest BCUT2D eigenvalue weighted by atomic mass is 16.5. The molecule has 1 saturated heterocycles. The summed E-state index contributed by atoms with van der Waals surface area (Å²) in [5.74, 6) is 1.22. The van der Waals surface area contributed by atoms with Gasteiger partial charge in [0.15, 0.2) is 5.78 Å². The molecule has 1 heterocycles. The van der Waals surface area contributed by atoms with Gasteiger partial charge in [-0.05, 0) is 56.6 Å². The lowest BCUT2D eigenvalue weighted by Crippen LogP contribution is -2.58. The fraction of sp³-hybridized carbons (Fsp3) is 0.533. The number of hydrogen-bond donors (Lipinski definition) is 0. The molecule has 1 aliphatic heterocycles. The molecule has 0 spiro atoms. The van der Waals surface area contributed by atoms with E-state index in [0.717, 1.165) is 25.1 Å². The first-order valence-corrected chi connectivity index (χ1v) is 6.48. The van der Waals surface area contributed by atoms with Crippen LogP contribution in [-0.4, -0.2) is 37.4 Å². The fourth-order valence-electron chi connectivity index (χ4n) is 3.35. The van der Waals surface area contributed by atoms with E-state index < -0.39 is 0 Å². The van der Waals surface area contributed by atoms with Crippen LogP contribution in [0.4, 0.5) is 0 Å². The molecular formula is C15H19NO2. The van der Waals surface area contributed by atoms with E-state index in [2.05, 4.69) is 31.0 Å². The van der Waals surface area contributed by atoms with E-state index in [1.165, 1.54) is 11.1 Å². The topological polar surface area (TPSA) is 29.5 Å². The second-order valence-corrected chi connectivity index (χ2v) is 5.67. The van der Waals surface area contributed by atoms with Crippen LogP contribution in [0.5, 0.6) is 5.75 Å². The van der Waals surface area contributed by atoms with E-state index in [1.807, 2.05) is 6.07 Å². The summed E-state index contributed by atoms with van der Waals surface area (Å²) in [5, 5.41) is 0. The van der Waals surface area contributed by atoms with E-state index in [0.29, 0.717) is 5.78 Å². The van der Waals surface area contributed by atoms with Gasteiger partial charge < -0.3 is 4.74 Å². The Morgan fingerprint density at radius 3 is 2.94 bits per heavy atom. The SMILES string of the molecule is COc1ccc2c(c1)C1(C)CCN(C)C(C2)C1=O. The molecule has 0 N–H and O–H groups in total. The molecule has 1 aromatic carbocycles. The average Bonchev–Trinajstić information content (AvgIpc) is 2.38. The Labute approximate surface area is 108 Å². The predicted molar refractivity (Wildman–Crippen MR) is 70.1 cm³/mol. The van der Waals surface area contributed by atoms with E-state index in [9.17, 15) is 4.79 Å². The van der Waals surface area contributed by atoms with Gasteiger partial charge in [0.1, 0.15) is 5.75 Å². The second kappa shape index (κ2) is 3.82. The van der Waals surface area contributed by atoms with Gasteiger partial charge >= 0.3 is 0 Å². The van der Waals surface area contributed by atoms with Crippen molar-refractivity contribution in [1.82, 2.24) is 4.90 Å². The quantitative estimate of drug-likeness (QED) is 0.755. The highest BCUT2D eigenvalue weighted by Gasteiger charge is 2.49. The molecular weight excluding hydrogens is 226 g/mol. The monoisotopic (exact) mass is 245 g/mol. The molecule has 1 aromatic rings. The number of ether oxygens (including phenoxy) is 1. The molecule has 3 heteroatoms. The second-order valence-electron chi connectivity index (χ2n) is 5.67. The van der Waals surface area contributed by atoms with Crippen molar-refractivity contribution < 1.29 is 9.53 Å². The Kier molecular flexibility index (Phi) is 2.49. The molecule has 0 radical (unpaired) electrons. The molecule has 1 aliphatic carbocycles. The third kappa shape index (κ3) is 1.43. The van der Waals surface area contributed by atoms with Crippen LogP contribution in [0.25, 0.3) is 0 Å². The summed E-state index contributed by atoms with van der Waals surface area (Å²) in [5.41, 5.74) is 2.16. The molecule has 96 valence electrons. The van der Waals surface area contributed by atoms with Crippen LogP contribution in [0.1, 0.15) is 24.5 Å². The number of benzene rings is 1. The number of ketones is 1. The lowest BCUT2D eigenvalue weighted by atomic mass is 9.64. The van der Waals surface area contributed by atoms with Gasteiger partial charge in [0.2, 0.25) is 0 Å². The molecule has 2 bridgehead atoms. The van der Waals surface area contributed by atoms with Crippen LogP contribution in [0, 0.1) is 0 Å². The Morgan fingerprint density at radius 1 is 1.44 bits per heavy atom. The number of fused-ring (bicyclic) bond motifs is 4. The molecule has 2 unspecified atom stereocenters. The molecule has 0 amide bonds. The van der Waals surface area contributed by atoms with Crippen LogP contribution in [0.3, 0.4) is 0 Å². The lowest BCUT2D eigenvalue weighted by molar-refractivity contribution is -0.133. The van der Waals surface area contributed by atoms with Gasteiger partial charge in [-0.2, -0.15) is 0 Å². The van der Waals surface area contributed by atoms with Crippen molar-refractivity contribution in [2.75, 3.05) is 20.7 Å². The average molecular weight is 245 g/mol. The Bertz CT molecular complexity index is 511. The summed E-state index contributed by atoms with van der Waals surface area (Å²) in [6, 6.07) is 6.22. The van der Waals surface area contributed by atoms with E-state index >= 15 is 0 Å². The Hall–Kier alpha value is -1.35. The number of Topliss-reactive ketones (excluding diaryl/α,β-unsaturated/α-hetero) is 1. The lowest BCUT2D eigenvalue weighted by Gasteiger charge is -2.47. The number of likely N-dealkylation sites (tertiary alicyclic amines) is 1. The van der Waals surface area contributed by atoms with Gasteiger partial charge in [-0.15, -0.1) is 0 Å². The predicted octanol–water partition coefficient (Wildman–Crippen LogP) is 1.78. The first-order valence-electron chi connectivity index (χ1n) is 6.48. The standard InChI is InChI=1S/C15H19NO2/c1-15-6-7-16(2)13(14(15)17)8-10-4-5-11(18-3)9-12(10)15/h4-5,9,13H,6-8H2,1-3H3. The molecule has 3 nitrogen and oxygen atoms in total. The number of methoxy groups -OCH3 is 1.